The molecule has 0 saturated heterocycles. The second-order valence-corrected chi connectivity index (χ2v) is 9.37. The van der Waals surface area contributed by atoms with Crippen molar-refractivity contribution in [1.82, 2.24) is 5.32 Å². The Morgan fingerprint density at radius 1 is 0.429 bits per heavy atom. The molecule has 170 valence electrons. The van der Waals surface area contributed by atoms with Crippen molar-refractivity contribution in [3.05, 3.63) is 0 Å². The van der Waals surface area contributed by atoms with Crippen molar-refractivity contribution < 1.29 is 0 Å². The molecule has 28 heavy (non-hydrogen) atoms. The van der Waals surface area contributed by atoms with Crippen LogP contribution in [0.2, 0.25) is 0 Å². The minimum absolute atomic E-state index is 0.924. The van der Waals surface area contributed by atoms with E-state index in [9.17, 15) is 0 Å². The van der Waals surface area contributed by atoms with Crippen LogP contribution in [0.25, 0.3) is 0 Å². The van der Waals surface area contributed by atoms with Gasteiger partial charge in [-0.25, -0.2) is 0 Å². The van der Waals surface area contributed by atoms with Crippen LogP contribution in [0.1, 0.15) is 155 Å². The first-order valence-electron chi connectivity index (χ1n) is 13.5. The summed E-state index contributed by atoms with van der Waals surface area (Å²) in [5.74, 6) is 0.924. The molecule has 0 aromatic carbocycles. The Morgan fingerprint density at radius 2 is 0.714 bits per heavy atom. The third kappa shape index (κ3) is 22.3. The van der Waals surface area contributed by atoms with Gasteiger partial charge in [-0.2, -0.15) is 0 Å². The normalized spacial score (nSPS) is 12.5. The van der Waals surface area contributed by atoms with Crippen LogP contribution < -0.4 is 5.32 Å². The Morgan fingerprint density at radius 3 is 1.00 bits per heavy atom. The van der Waals surface area contributed by atoms with Gasteiger partial charge in [0.1, 0.15) is 0 Å². The summed E-state index contributed by atoms with van der Waals surface area (Å²) in [5, 5.41) is 3.44. The molecular weight excluding hydrogens is 338 g/mol. The van der Waals surface area contributed by atoms with Crippen molar-refractivity contribution in [1.29, 1.82) is 0 Å². The minimum Gasteiger partial charge on any atom is -0.319 e. The SMILES string of the molecule is CCCCCCCCCCCCCCC(CCCCCCCCCC)CNC. The predicted molar refractivity (Wildman–Crippen MR) is 130 cm³/mol. The Balaban J connectivity index is 3.39. The van der Waals surface area contributed by atoms with Crippen LogP contribution in [0.5, 0.6) is 0 Å². The van der Waals surface area contributed by atoms with Gasteiger partial charge >= 0.3 is 0 Å². The van der Waals surface area contributed by atoms with Gasteiger partial charge in [-0.15, -0.1) is 0 Å². The highest BCUT2D eigenvalue weighted by Gasteiger charge is 2.07. The van der Waals surface area contributed by atoms with Crippen molar-refractivity contribution in [2.45, 2.75) is 155 Å². The first-order chi connectivity index (χ1) is 13.8. The maximum absolute atomic E-state index is 3.44. The number of hydrogen-bond donors (Lipinski definition) is 1. The van der Waals surface area contributed by atoms with Crippen LogP contribution in [0.4, 0.5) is 0 Å². The van der Waals surface area contributed by atoms with Gasteiger partial charge in [-0.05, 0) is 32.4 Å². The van der Waals surface area contributed by atoms with E-state index in [0.717, 1.165) is 5.92 Å². The predicted octanol–water partition coefficient (Wildman–Crippen LogP) is 9.44. The fraction of sp³-hybridized carbons (Fsp3) is 1.00. The van der Waals surface area contributed by atoms with Gasteiger partial charge in [0.2, 0.25) is 0 Å². The molecule has 0 bridgehead atoms. The summed E-state index contributed by atoms with van der Waals surface area (Å²) >= 11 is 0. The summed E-state index contributed by atoms with van der Waals surface area (Å²) in [6.07, 6.45) is 32.0. The highest BCUT2D eigenvalue weighted by atomic mass is 14.8. The molecule has 0 saturated carbocycles. The van der Waals surface area contributed by atoms with Crippen LogP contribution in [0.15, 0.2) is 0 Å². The lowest BCUT2D eigenvalue weighted by molar-refractivity contribution is 0.391. The number of hydrogen-bond acceptors (Lipinski definition) is 1. The van der Waals surface area contributed by atoms with Gasteiger partial charge in [0.05, 0.1) is 0 Å². The second-order valence-electron chi connectivity index (χ2n) is 9.37. The van der Waals surface area contributed by atoms with Crippen LogP contribution in [-0.4, -0.2) is 13.6 Å². The summed E-state index contributed by atoms with van der Waals surface area (Å²) in [4.78, 5) is 0. The summed E-state index contributed by atoms with van der Waals surface area (Å²) < 4.78 is 0. The van der Waals surface area contributed by atoms with E-state index in [-0.39, 0.29) is 0 Å². The number of nitrogens with one attached hydrogen (secondary N) is 1. The van der Waals surface area contributed by atoms with Crippen molar-refractivity contribution >= 4 is 0 Å². The molecule has 1 nitrogen and oxygen atoms in total. The molecule has 1 unspecified atom stereocenters. The van der Waals surface area contributed by atoms with E-state index >= 15 is 0 Å². The molecule has 0 radical (unpaired) electrons. The van der Waals surface area contributed by atoms with Crippen LogP contribution in [0, 0.1) is 5.92 Å². The van der Waals surface area contributed by atoms with Gasteiger partial charge in [0.15, 0.2) is 0 Å². The summed E-state index contributed by atoms with van der Waals surface area (Å²) in [6, 6.07) is 0. The zero-order chi connectivity index (χ0) is 20.5. The fourth-order valence-corrected chi connectivity index (χ4v) is 4.48. The third-order valence-electron chi connectivity index (χ3n) is 6.42. The molecule has 0 aliphatic rings. The van der Waals surface area contributed by atoms with Gasteiger partial charge in [0.25, 0.3) is 0 Å². The topological polar surface area (TPSA) is 12.0 Å². The molecule has 0 rings (SSSR count). The number of unbranched alkanes of at least 4 members (excludes halogenated alkanes) is 18. The Hall–Kier alpha value is -0.0400. The molecule has 0 aromatic heterocycles. The molecule has 0 aliphatic carbocycles. The molecule has 0 aromatic rings. The Labute approximate surface area is 180 Å². The average molecular weight is 396 g/mol. The first-order valence-corrected chi connectivity index (χ1v) is 13.5. The molecule has 1 N–H and O–H groups in total. The van der Waals surface area contributed by atoms with Crippen molar-refractivity contribution in [3.63, 3.8) is 0 Å². The van der Waals surface area contributed by atoms with Crippen LogP contribution in [0.3, 0.4) is 0 Å². The summed E-state index contributed by atoms with van der Waals surface area (Å²) in [5.41, 5.74) is 0. The third-order valence-corrected chi connectivity index (χ3v) is 6.42. The lowest BCUT2D eigenvalue weighted by Crippen LogP contribution is -2.18. The van der Waals surface area contributed by atoms with E-state index in [4.69, 9.17) is 0 Å². The summed E-state index contributed by atoms with van der Waals surface area (Å²) in [7, 11) is 2.13. The van der Waals surface area contributed by atoms with Gasteiger partial charge in [-0.3, -0.25) is 0 Å². The van der Waals surface area contributed by atoms with Gasteiger partial charge in [-0.1, -0.05) is 142 Å². The summed E-state index contributed by atoms with van der Waals surface area (Å²) in [6.45, 7) is 5.84. The molecular formula is C27H57N. The molecule has 0 amide bonds. The molecule has 0 spiro atoms. The standard InChI is InChI=1S/C27H57N/c1-4-6-8-10-12-14-15-16-17-19-21-23-25-27(26-28-3)24-22-20-18-13-11-9-7-5-2/h27-28H,4-26H2,1-3H3. The first kappa shape index (κ1) is 28.0. The highest BCUT2D eigenvalue weighted by molar-refractivity contribution is 4.63. The largest absolute Gasteiger partial charge is 0.319 e. The van der Waals surface area contributed by atoms with Crippen LogP contribution >= 0.6 is 0 Å². The molecule has 1 atom stereocenters. The zero-order valence-corrected chi connectivity index (χ0v) is 20.3. The van der Waals surface area contributed by atoms with E-state index in [0.29, 0.717) is 0 Å². The minimum atomic E-state index is 0.924. The van der Waals surface area contributed by atoms with Crippen molar-refractivity contribution in [2.75, 3.05) is 13.6 Å². The fourth-order valence-electron chi connectivity index (χ4n) is 4.48. The Bertz CT molecular complexity index is 263. The highest BCUT2D eigenvalue weighted by Crippen LogP contribution is 2.19. The average Bonchev–Trinajstić information content (AvgIpc) is 2.70. The van der Waals surface area contributed by atoms with E-state index in [2.05, 4.69) is 26.2 Å². The van der Waals surface area contributed by atoms with E-state index < -0.39 is 0 Å². The van der Waals surface area contributed by atoms with Crippen molar-refractivity contribution in [2.24, 2.45) is 5.92 Å². The second kappa shape index (κ2) is 25.0. The number of rotatable bonds is 24. The Kier molecular flexibility index (Phi) is 25.0. The van der Waals surface area contributed by atoms with Gasteiger partial charge < -0.3 is 5.32 Å². The quantitative estimate of drug-likeness (QED) is 0.160. The maximum atomic E-state index is 3.44. The van der Waals surface area contributed by atoms with Crippen LogP contribution in [-0.2, 0) is 0 Å². The van der Waals surface area contributed by atoms with E-state index in [1.54, 1.807) is 0 Å². The lowest BCUT2D eigenvalue weighted by Gasteiger charge is -2.16. The molecule has 1 heteroatoms. The molecule has 0 heterocycles. The van der Waals surface area contributed by atoms with Gasteiger partial charge in [0, 0.05) is 0 Å². The lowest BCUT2D eigenvalue weighted by atomic mass is 9.94. The molecule has 0 fully saturated rings. The monoisotopic (exact) mass is 395 g/mol. The smallest absolute Gasteiger partial charge is 0.00235 e. The van der Waals surface area contributed by atoms with E-state index in [1.165, 1.54) is 148 Å². The maximum Gasteiger partial charge on any atom is -0.00235 e. The van der Waals surface area contributed by atoms with E-state index in [1.807, 2.05) is 0 Å². The zero-order valence-electron chi connectivity index (χ0n) is 20.3. The molecule has 0 aliphatic heterocycles. The van der Waals surface area contributed by atoms with Crippen molar-refractivity contribution in [3.8, 4) is 0 Å².